The Bertz CT molecular complexity index is 411. The number of hydrogen-bond donors (Lipinski definition) is 2. The highest BCUT2D eigenvalue weighted by Gasteiger charge is 2.10. The van der Waals surface area contributed by atoms with Crippen molar-refractivity contribution in [3.8, 4) is 0 Å². The van der Waals surface area contributed by atoms with Crippen molar-refractivity contribution in [1.82, 2.24) is 0 Å². The van der Waals surface area contributed by atoms with E-state index in [0.717, 1.165) is 6.07 Å². The summed E-state index contributed by atoms with van der Waals surface area (Å²) >= 11 is 0. The van der Waals surface area contributed by atoms with Gasteiger partial charge in [-0.25, -0.2) is 9.18 Å². The second-order valence-corrected chi connectivity index (χ2v) is 3.69. The molecule has 1 rings (SSSR count). The van der Waals surface area contributed by atoms with Crippen molar-refractivity contribution in [2.75, 3.05) is 32.7 Å². The minimum absolute atomic E-state index is 0.0850. The molecule has 18 heavy (non-hydrogen) atoms. The molecule has 6 heteroatoms. The van der Waals surface area contributed by atoms with Gasteiger partial charge in [0.1, 0.15) is 5.82 Å². The van der Waals surface area contributed by atoms with E-state index >= 15 is 0 Å². The molecule has 100 valence electrons. The largest absolute Gasteiger partial charge is 0.478 e. The molecule has 5 nitrogen and oxygen atoms in total. The number of ether oxygens (including phenoxy) is 2. The molecule has 0 radical (unpaired) electrons. The summed E-state index contributed by atoms with van der Waals surface area (Å²) in [5.41, 5.74) is 0.149. The van der Waals surface area contributed by atoms with Gasteiger partial charge in [0, 0.05) is 20.8 Å². The van der Waals surface area contributed by atoms with E-state index in [-0.39, 0.29) is 17.4 Å². The molecule has 0 spiro atoms. The zero-order valence-electron chi connectivity index (χ0n) is 10.3. The molecule has 0 aliphatic rings. The monoisotopic (exact) mass is 257 g/mol. The van der Waals surface area contributed by atoms with Crippen molar-refractivity contribution >= 4 is 11.7 Å². The highest BCUT2D eigenvalue weighted by atomic mass is 19.1. The molecule has 1 aromatic rings. The van der Waals surface area contributed by atoms with Crippen LogP contribution in [0.15, 0.2) is 18.2 Å². The topological polar surface area (TPSA) is 67.8 Å². The zero-order chi connectivity index (χ0) is 13.5. The normalized spacial score (nSPS) is 12.2. The molecule has 1 aromatic carbocycles. The van der Waals surface area contributed by atoms with Crippen LogP contribution >= 0.6 is 0 Å². The Balaban J connectivity index is 2.65. The van der Waals surface area contributed by atoms with Gasteiger partial charge in [-0.1, -0.05) is 0 Å². The van der Waals surface area contributed by atoms with E-state index in [9.17, 15) is 9.18 Å². The number of carboxylic acids is 1. The van der Waals surface area contributed by atoms with Gasteiger partial charge in [0.15, 0.2) is 0 Å². The SMILES string of the molecule is COCC(CNc1ccc(C(=O)O)cc1F)OC. The number of halogens is 1. The maximum atomic E-state index is 13.6. The number of carboxylic acid groups (broad SMARTS) is 1. The summed E-state index contributed by atoms with van der Waals surface area (Å²) in [6, 6.07) is 3.70. The number of hydrogen-bond acceptors (Lipinski definition) is 4. The molecule has 0 fully saturated rings. The molecule has 0 aromatic heterocycles. The van der Waals surface area contributed by atoms with Crippen LogP contribution in [0.3, 0.4) is 0 Å². The van der Waals surface area contributed by atoms with Crippen LogP contribution in [0, 0.1) is 5.82 Å². The molecule has 0 aliphatic heterocycles. The van der Waals surface area contributed by atoms with Crippen LogP contribution in [0.2, 0.25) is 0 Å². The summed E-state index contributed by atoms with van der Waals surface area (Å²) in [7, 11) is 3.09. The van der Waals surface area contributed by atoms with Gasteiger partial charge in [0.25, 0.3) is 0 Å². The van der Waals surface area contributed by atoms with Crippen molar-refractivity contribution in [3.05, 3.63) is 29.6 Å². The van der Waals surface area contributed by atoms with Crippen LogP contribution in [0.4, 0.5) is 10.1 Å². The first kappa shape index (κ1) is 14.4. The van der Waals surface area contributed by atoms with Gasteiger partial charge < -0.3 is 19.9 Å². The van der Waals surface area contributed by atoms with Crippen molar-refractivity contribution in [2.45, 2.75) is 6.10 Å². The van der Waals surface area contributed by atoms with Gasteiger partial charge in [-0.15, -0.1) is 0 Å². The van der Waals surface area contributed by atoms with E-state index in [1.165, 1.54) is 19.2 Å². The minimum Gasteiger partial charge on any atom is -0.478 e. The molecule has 0 amide bonds. The molecule has 0 bridgehead atoms. The Morgan fingerprint density at radius 1 is 1.50 bits per heavy atom. The van der Waals surface area contributed by atoms with Crippen molar-refractivity contribution in [1.29, 1.82) is 0 Å². The molecule has 1 unspecified atom stereocenters. The second kappa shape index (κ2) is 6.93. The highest BCUT2D eigenvalue weighted by Crippen LogP contribution is 2.16. The van der Waals surface area contributed by atoms with Gasteiger partial charge in [0.05, 0.1) is 24.0 Å². The number of aromatic carboxylic acids is 1. The maximum Gasteiger partial charge on any atom is 0.335 e. The van der Waals surface area contributed by atoms with Crippen molar-refractivity contribution in [2.24, 2.45) is 0 Å². The molecule has 0 saturated carbocycles. The van der Waals surface area contributed by atoms with Crippen LogP contribution in [-0.4, -0.2) is 44.6 Å². The van der Waals surface area contributed by atoms with E-state index in [1.54, 1.807) is 7.11 Å². The van der Waals surface area contributed by atoms with E-state index in [0.29, 0.717) is 13.2 Å². The zero-order valence-corrected chi connectivity index (χ0v) is 10.3. The van der Waals surface area contributed by atoms with Gasteiger partial charge >= 0.3 is 5.97 Å². The lowest BCUT2D eigenvalue weighted by atomic mass is 10.2. The fourth-order valence-electron chi connectivity index (χ4n) is 1.41. The third-order valence-electron chi connectivity index (χ3n) is 2.42. The maximum absolute atomic E-state index is 13.6. The fraction of sp³-hybridized carbons (Fsp3) is 0.417. The van der Waals surface area contributed by atoms with E-state index in [4.69, 9.17) is 14.6 Å². The van der Waals surface area contributed by atoms with Crippen LogP contribution in [0.1, 0.15) is 10.4 Å². The first-order chi connectivity index (χ1) is 8.58. The minimum atomic E-state index is -1.16. The van der Waals surface area contributed by atoms with Crippen LogP contribution < -0.4 is 5.32 Å². The van der Waals surface area contributed by atoms with Crippen molar-refractivity contribution < 1.29 is 23.8 Å². The summed E-state index contributed by atoms with van der Waals surface area (Å²) in [5, 5.41) is 11.5. The van der Waals surface area contributed by atoms with Gasteiger partial charge in [-0.2, -0.15) is 0 Å². The number of nitrogens with one attached hydrogen (secondary N) is 1. The van der Waals surface area contributed by atoms with E-state index in [2.05, 4.69) is 5.32 Å². The summed E-state index contributed by atoms with van der Waals surface area (Å²) in [4.78, 5) is 10.6. The molecule has 0 aliphatic carbocycles. The smallest absolute Gasteiger partial charge is 0.335 e. The third-order valence-corrected chi connectivity index (χ3v) is 2.42. The number of benzene rings is 1. The second-order valence-electron chi connectivity index (χ2n) is 3.69. The summed E-state index contributed by atoms with van der Waals surface area (Å²) in [6.07, 6.45) is -0.200. The molecular formula is C12H16FNO4. The van der Waals surface area contributed by atoms with E-state index < -0.39 is 11.8 Å². The van der Waals surface area contributed by atoms with Gasteiger partial charge in [-0.05, 0) is 18.2 Å². The average Bonchev–Trinajstić information content (AvgIpc) is 2.35. The summed E-state index contributed by atoms with van der Waals surface area (Å²) in [5.74, 6) is -1.77. The number of rotatable bonds is 7. The van der Waals surface area contributed by atoms with Crippen LogP contribution in [0.5, 0.6) is 0 Å². The lowest BCUT2D eigenvalue weighted by molar-refractivity contribution is 0.0365. The lowest BCUT2D eigenvalue weighted by Crippen LogP contribution is -2.26. The van der Waals surface area contributed by atoms with E-state index in [1.807, 2.05) is 0 Å². The van der Waals surface area contributed by atoms with Crippen LogP contribution in [-0.2, 0) is 9.47 Å². The van der Waals surface area contributed by atoms with Gasteiger partial charge in [0.2, 0.25) is 0 Å². The Morgan fingerprint density at radius 3 is 2.72 bits per heavy atom. The number of methoxy groups -OCH3 is 2. The lowest BCUT2D eigenvalue weighted by Gasteiger charge is -2.16. The van der Waals surface area contributed by atoms with Gasteiger partial charge in [-0.3, -0.25) is 0 Å². The standard InChI is InChI=1S/C12H16FNO4/c1-17-7-9(18-2)6-14-11-4-3-8(12(15)16)5-10(11)13/h3-5,9,14H,6-7H2,1-2H3,(H,15,16). The predicted molar refractivity (Wildman–Crippen MR) is 64.5 cm³/mol. The predicted octanol–water partition coefficient (Wildman–Crippen LogP) is 1.60. The highest BCUT2D eigenvalue weighted by molar-refractivity contribution is 5.88. The van der Waals surface area contributed by atoms with Crippen molar-refractivity contribution in [3.63, 3.8) is 0 Å². The Labute approximate surface area is 105 Å². The summed E-state index contributed by atoms with van der Waals surface area (Å²) < 4.78 is 23.6. The molecule has 1 atom stereocenters. The van der Waals surface area contributed by atoms with Crippen LogP contribution in [0.25, 0.3) is 0 Å². The first-order valence-electron chi connectivity index (χ1n) is 5.37. The molecule has 0 heterocycles. The molecule has 0 saturated heterocycles. The molecule has 2 N–H and O–H groups in total. The quantitative estimate of drug-likeness (QED) is 0.776. The fourth-order valence-corrected chi connectivity index (χ4v) is 1.41. The number of anilines is 1. The third kappa shape index (κ3) is 3.97. The number of carbonyl (C=O) groups is 1. The average molecular weight is 257 g/mol. The Kier molecular flexibility index (Phi) is 5.54. The summed E-state index contributed by atoms with van der Waals surface area (Å²) in [6.45, 7) is 0.756. The Hall–Kier alpha value is -1.66. The first-order valence-corrected chi connectivity index (χ1v) is 5.37. The molecular weight excluding hydrogens is 241 g/mol. The Morgan fingerprint density at radius 2 is 2.22 bits per heavy atom.